The van der Waals surface area contributed by atoms with E-state index in [1.54, 1.807) is 13.8 Å². The van der Waals surface area contributed by atoms with E-state index < -0.39 is 46.0 Å². The second-order valence-electron chi connectivity index (χ2n) is 9.13. The third-order valence-electron chi connectivity index (χ3n) is 5.62. The van der Waals surface area contributed by atoms with E-state index in [9.17, 15) is 22.8 Å². The lowest BCUT2D eigenvalue weighted by atomic mass is 10.0. The Morgan fingerprint density at radius 2 is 1.82 bits per heavy atom. The molecule has 11 heteroatoms. The number of rotatable bonds is 10. The van der Waals surface area contributed by atoms with Crippen LogP contribution >= 0.6 is 0 Å². The zero-order valence-electron chi connectivity index (χ0n) is 20.4. The minimum atomic E-state index is -3.78. The molecule has 1 heterocycles. The van der Waals surface area contributed by atoms with Crippen LogP contribution in [-0.4, -0.2) is 75.0 Å². The highest BCUT2D eigenvalue weighted by Crippen LogP contribution is 2.19. The van der Waals surface area contributed by atoms with E-state index in [2.05, 4.69) is 10.6 Å². The molecular formula is C23H35N3O7S. The second-order valence-corrected chi connectivity index (χ2v) is 11.1. The van der Waals surface area contributed by atoms with Crippen LogP contribution in [0.25, 0.3) is 0 Å². The van der Waals surface area contributed by atoms with Crippen molar-refractivity contribution in [3.05, 3.63) is 29.8 Å². The summed E-state index contributed by atoms with van der Waals surface area (Å²) in [6.07, 6.45) is 0.706. The van der Waals surface area contributed by atoms with Crippen molar-refractivity contribution >= 4 is 27.8 Å². The monoisotopic (exact) mass is 497 g/mol. The number of nitrogens with zero attached hydrogens (tertiary/aromatic N) is 1. The minimum Gasteiger partial charge on any atom is -0.454 e. The maximum atomic E-state index is 12.9. The van der Waals surface area contributed by atoms with Gasteiger partial charge in [0.05, 0.1) is 18.1 Å². The van der Waals surface area contributed by atoms with Crippen molar-refractivity contribution < 1.29 is 32.3 Å². The van der Waals surface area contributed by atoms with Crippen molar-refractivity contribution in [3.63, 3.8) is 0 Å². The van der Waals surface area contributed by atoms with Gasteiger partial charge in [-0.2, -0.15) is 4.31 Å². The van der Waals surface area contributed by atoms with Gasteiger partial charge in [0.1, 0.15) is 6.04 Å². The molecule has 0 saturated carbocycles. The van der Waals surface area contributed by atoms with Gasteiger partial charge in [0.15, 0.2) is 6.61 Å². The standard InChI is InChI=1S/C23H35N3O7S/c1-6-23(4,5)25-19(27)15-33-22(29)20(16(2)3)24-21(28)17-8-7-9-18(14-17)34(30,31)26-10-12-32-13-11-26/h7-9,14,16,20H,6,10-13,15H2,1-5H3,(H,24,28)(H,25,27)/t20-/m0/s1. The molecule has 2 rings (SSSR count). The van der Waals surface area contributed by atoms with E-state index in [1.165, 1.54) is 28.6 Å². The molecule has 34 heavy (non-hydrogen) atoms. The van der Waals surface area contributed by atoms with Gasteiger partial charge in [-0.1, -0.05) is 26.8 Å². The molecule has 1 aromatic carbocycles. The second kappa shape index (κ2) is 11.8. The number of hydrogen-bond donors (Lipinski definition) is 2. The number of benzene rings is 1. The summed E-state index contributed by atoms with van der Waals surface area (Å²) in [6, 6.07) is 4.63. The topological polar surface area (TPSA) is 131 Å². The maximum Gasteiger partial charge on any atom is 0.329 e. The number of esters is 1. The van der Waals surface area contributed by atoms with Gasteiger partial charge in [-0.25, -0.2) is 13.2 Å². The van der Waals surface area contributed by atoms with Gasteiger partial charge in [-0.3, -0.25) is 9.59 Å². The summed E-state index contributed by atoms with van der Waals surface area (Å²) in [5.74, 6) is -2.13. The molecule has 2 amide bonds. The van der Waals surface area contributed by atoms with E-state index in [0.717, 1.165) is 0 Å². The fourth-order valence-corrected chi connectivity index (χ4v) is 4.64. The highest BCUT2D eigenvalue weighted by Gasteiger charge is 2.29. The van der Waals surface area contributed by atoms with E-state index in [-0.39, 0.29) is 29.5 Å². The van der Waals surface area contributed by atoms with E-state index >= 15 is 0 Å². The van der Waals surface area contributed by atoms with E-state index in [1.807, 2.05) is 20.8 Å². The fraction of sp³-hybridized carbons (Fsp3) is 0.609. The first-order valence-corrected chi connectivity index (χ1v) is 12.8. The molecule has 0 unspecified atom stereocenters. The summed E-state index contributed by atoms with van der Waals surface area (Å²) in [4.78, 5) is 37.5. The van der Waals surface area contributed by atoms with E-state index in [4.69, 9.17) is 9.47 Å². The number of nitrogens with one attached hydrogen (secondary N) is 2. The molecule has 0 radical (unpaired) electrons. The van der Waals surface area contributed by atoms with Crippen LogP contribution in [0.4, 0.5) is 0 Å². The maximum absolute atomic E-state index is 12.9. The van der Waals surface area contributed by atoms with Gasteiger partial charge in [-0.05, 0) is 44.4 Å². The fourth-order valence-electron chi connectivity index (χ4n) is 3.18. The van der Waals surface area contributed by atoms with Crippen LogP contribution in [0.5, 0.6) is 0 Å². The number of carbonyl (C=O) groups excluding carboxylic acids is 3. The molecule has 2 N–H and O–H groups in total. The van der Waals surface area contributed by atoms with Crippen molar-refractivity contribution in [2.45, 2.75) is 57.5 Å². The zero-order chi connectivity index (χ0) is 25.5. The molecule has 0 bridgehead atoms. The Hall–Kier alpha value is -2.50. The first kappa shape index (κ1) is 27.7. The Morgan fingerprint density at radius 1 is 1.18 bits per heavy atom. The van der Waals surface area contributed by atoms with Gasteiger partial charge in [0, 0.05) is 24.2 Å². The molecule has 1 saturated heterocycles. The molecule has 0 aromatic heterocycles. The summed E-state index contributed by atoms with van der Waals surface area (Å²) in [6.45, 7) is 9.74. The number of amides is 2. The average molecular weight is 498 g/mol. The van der Waals surface area contributed by atoms with Crippen molar-refractivity contribution in [1.82, 2.24) is 14.9 Å². The number of sulfonamides is 1. The number of ether oxygens (including phenoxy) is 2. The van der Waals surface area contributed by atoms with Gasteiger partial charge in [-0.15, -0.1) is 0 Å². The largest absolute Gasteiger partial charge is 0.454 e. The van der Waals surface area contributed by atoms with Crippen molar-refractivity contribution in [1.29, 1.82) is 0 Å². The predicted octanol–water partition coefficient (Wildman–Crippen LogP) is 1.31. The van der Waals surface area contributed by atoms with Crippen LogP contribution in [0.2, 0.25) is 0 Å². The molecule has 190 valence electrons. The number of hydrogen-bond acceptors (Lipinski definition) is 7. The number of carbonyl (C=O) groups is 3. The third-order valence-corrected chi connectivity index (χ3v) is 7.51. The summed E-state index contributed by atoms with van der Waals surface area (Å²) >= 11 is 0. The lowest BCUT2D eigenvalue weighted by Crippen LogP contribution is -2.48. The summed E-state index contributed by atoms with van der Waals surface area (Å²) in [5.41, 5.74) is -0.336. The molecule has 10 nitrogen and oxygen atoms in total. The van der Waals surface area contributed by atoms with Crippen molar-refractivity contribution in [3.8, 4) is 0 Å². The molecule has 1 aromatic rings. The summed E-state index contributed by atoms with van der Waals surface area (Å²) in [5, 5.41) is 5.37. The van der Waals surface area contributed by atoms with Crippen LogP contribution in [0.1, 0.15) is 51.4 Å². The Kier molecular flexibility index (Phi) is 9.60. The highest BCUT2D eigenvalue weighted by molar-refractivity contribution is 7.89. The Balaban J connectivity index is 2.07. The highest BCUT2D eigenvalue weighted by atomic mass is 32.2. The Labute approximate surface area is 201 Å². The molecular weight excluding hydrogens is 462 g/mol. The molecule has 0 spiro atoms. The van der Waals surface area contributed by atoms with Crippen molar-refractivity contribution in [2.75, 3.05) is 32.9 Å². The van der Waals surface area contributed by atoms with E-state index in [0.29, 0.717) is 19.6 Å². The van der Waals surface area contributed by atoms with Crippen LogP contribution in [0.15, 0.2) is 29.2 Å². The summed E-state index contributed by atoms with van der Waals surface area (Å²) < 4.78 is 37.4. The average Bonchev–Trinajstić information content (AvgIpc) is 2.81. The van der Waals surface area contributed by atoms with Gasteiger partial charge in [0.25, 0.3) is 11.8 Å². The molecule has 0 aliphatic carbocycles. The quantitative estimate of drug-likeness (QED) is 0.466. The zero-order valence-corrected chi connectivity index (χ0v) is 21.2. The smallest absolute Gasteiger partial charge is 0.329 e. The van der Waals surface area contributed by atoms with Crippen LogP contribution < -0.4 is 10.6 Å². The normalized spacial score (nSPS) is 16.1. The summed E-state index contributed by atoms with van der Waals surface area (Å²) in [7, 11) is -3.78. The predicted molar refractivity (Wildman–Crippen MR) is 126 cm³/mol. The van der Waals surface area contributed by atoms with Crippen LogP contribution in [-0.2, 0) is 29.1 Å². The first-order valence-electron chi connectivity index (χ1n) is 11.3. The first-order chi connectivity index (χ1) is 15.9. The van der Waals surface area contributed by atoms with Gasteiger partial charge >= 0.3 is 5.97 Å². The van der Waals surface area contributed by atoms with Gasteiger partial charge < -0.3 is 20.1 Å². The van der Waals surface area contributed by atoms with Crippen LogP contribution in [0.3, 0.4) is 0 Å². The lowest BCUT2D eigenvalue weighted by Gasteiger charge is -2.26. The minimum absolute atomic E-state index is 0.0130. The lowest BCUT2D eigenvalue weighted by molar-refractivity contribution is -0.151. The Morgan fingerprint density at radius 3 is 2.41 bits per heavy atom. The Bertz CT molecular complexity index is 986. The van der Waals surface area contributed by atoms with Crippen molar-refractivity contribution in [2.24, 2.45) is 5.92 Å². The van der Waals surface area contributed by atoms with Crippen LogP contribution in [0, 0.1) is 5.92 Å². The third kappa shape index (κ3) is 7.51. The molecule has 1 fully saturated rings. The van der Waals surface area contributed by atoms with Gasteiger partial charge in [0.2, 0.25) is 10.0 Å². The SMILES string of the molecule is CCC(C)(C)NC(=O)COC(=O)[C@@H](NC(=O)c1cccc(S(=O)(=O)N2CCOCC2)c1)C(C)C. The molecule has 1 aliphatic heterocycles. The molecule has 1 atom stereocenters. The molecule has 1 aliphatic rings. The number of morpholine rings is 1.